The highest BCUT2D eigenvalue weighted by atomic mass is 19.4. The zero-order valence-electron chi connectivity index (χ0n) is 17.1. The number of rotatable bonds is 4. The zero-order chi connectivity index (χ0) is 23.4. The van der Waals surface area contributed by atoms with Crippen molar-refractivity contribution in [3.63, 3.8) is 0 Å². The normalized spacial score (nSPS) is 22.8. The number of halogens is 6. The van der Waals surface area contributed by atoms with Crippen LogP contribution in [-0.2, 0) is 18.9 Å². The van der Waals surface area contributed by atoms with Crippen LogP contribution in [0.2, 0.25) is 0 Å². The molecule has 2 bridgehead atoms. The van der Waals surface area contributed by atoms with Crippen molar-refractivity contribution in [2.45, 2.75) is 50.2 Å². The first-order valence-electron chi connectivity index (χ1n) is 10.3. The quantitative estimate of drug-likeness (QED) is 0.511. The van der Waals surface area contributed by atoms with Crippen molar-refractivity contribution in [3.8, 4) is 0 Å². The lowest BCUT2D eigenvalue weighted by Crippen LogP contribution is -2.38. The third-order valence-electron chi connectivity index (χ3n) is 6.25. The van der Waals surface area contributed by atoms with E-state index in [2.05, 4.69) is 20.2 Å². The maximum absolute atomic E-state index is 13.4. The first-order chi connectivity index (χ1) is 15.6. The molecule has 6 nitrogen and oxygen atoms in total. The van der Waals surface area contributed by atoms with Gasteiger partial charge in [0.05, 0.1) is 23.8 Å². The summed E-state index contributed by atoms with van der Waals surface area (Å²) in [5.74, 6) is 0.148. The van der Waals surface area contributed by atoms with E-state index in [1.165, 1.54) is 6.33 Å². The predicted octanol–water partition coefficient (Wildman–Crippen LogP) is 4.88. The van der Waals surface area contributed by atoms with Crippen molar-refractivity contribution in [1.82, 2.24) is 24.7 Å². The van der Waals surface area contributed by atoms with E-state index >= 15 is 0 Å². The number of pyridine rings is 2. The van der Waals surface area contributed by atoms with E-state index in [1.54, 1.807) is 21.7 Å². The van der Waals surface area contributed by atoms with E-state index in [9.17, 15) is 26.3 Å². The van der Waals surface area contributed by atoms with Crippen molar-refractivity contribution in [2.24, 2.45) is 5.92 Å². The maximum atomic E-state index is 13.4. The average Bonchev–Trinajstić information content (AvgIpc) is 3.49. The molecule has 2 fully saturated rings. The van der Waals surface area contributed by atoms with Gasteiger partial charge in [-0.1, -0.05) is 6.07 Å². The number of fused-ring (bicyclic) bond motifs is 2. The standard InChI is InChI=1S/C21H18F6N6/c22-20(23,24)13-8-16(21(25,26)27)30-17(9-13)33-15-5-4-12(7-15)18(33)19-31-29-11-32(19)10-14-3-1-2-6-28-14/h1-3,6,8-9,11-12,15,18H,4-5,7,10H2/t12-,15+,18-/m0/s1. The molecule has 5 rings (SSSR count). The Bertz CT molecular complexity index is 1110. The molecule has 1 aliphatic heterocycles. The highest BCUT2D eigenvalue weighted by molar-refractivity contribution is 5.49. The van der Waals surface area contributed by atoms with Gasteiger partial charge in [-0.3, -0.25) is 4.98 Å². The van der Waals surface area contributed by atoms with E-state index < -0.39 is 29.7 Å². The number of hydrogen-bond acceptors (Lipinski definition) is 5. The van der Waals surface area contributed by atoms with Gasteiger partial charge < -0.3 is 9.47 Å². The molecule has 0 radical (unpaired) electrons. The molecule has 3 atom stereocenters. The Balaban J connectivity index is 1.58. The molecule has 0 N–H and O–H groups in total. The first kappa shape index (κ1) is 21.7. The zero-order valence-corrected chi connectivity index (χ0v) is 17.1. The number of alkyl halides is 6. The lowest BCUT2D eigenvalue weighted by molar-refractivity contribution is -0.145. The molecule has 0 spiro atoms. The Morgan fingerprint density at radius 1 is 1.00 bits per heavy atom. The van der Waals surface area contributed by atoms with Crippen LogP contribution in [0.5, 0.6) is 0 Å². The molecule has 1 saturated heterocycles. The van der Waals surface area contributed by atoms with Crippen LogP contribution in [0, 0.1) is 5.92 Å². The fraction of sp³-hybridized carbons (Fsp3) is 0.429. The summed E-state index contributed by atoms with van der Waals surface area (Å²) < 4.78 is 82.3. The largest absolute Gasteiger partial charge is 0.433 e. The molecule has 1 aliphatic carbocycles. The van der Waals surface area contributed by atoms with Gasteiger partial charge >= 0.3 is 12.4 Å². The minimum atomic E-state index is -5.01. The summed E-state index contributed by atoms with van der Waals surface area (Å²) in [4.78, 5) is 9.46. The van der Waals surface area contributed by atoms with Crippen LogP contribution in [0.3, 0.4) is 0 Å². The highest BCUT2D eigenvalue weighted by Gasteiger charge is 2.50. The molecule has 3 aromatic rings. The van der Waals surface area contributed by atoms with Gasteiger partial charge in [0.15, 0.2) is 5.82 Å². The number of nitrogens with zero attached hydrogens (tertiary/aromatic N) is 6. The Morgan fingerprint density at radius 2 is 1.82 bits per heavy atom. The fourth-order valence-electron chi connectivity index (χ4n) is 4.89. The summed E-state index contributed by atoms with van der Waals surface area (Å²) in [6.07, 6.45) is -4.72. The highest BCUT2D eigenvalue weighted by Crippen LogP contribution is 2.52. The molecule has 0 aromatic carbocycles. The van der Waals surface area contributed by atoms with Crippen LogP contribution >= 0.6 is 0 Å². The average molecular weight is 468 g/mol. The fourth-order valence-corrected chi connectivity index (χ4v) is 4.89. The van der Waals surface area contributed by atoms with Crippen LogP contribution in [0.25, 0.3) is 0 Å². The second-order valence-electron chi connectivity index (χ2n) is 8.31. The van der Waals surface area contributed by atoms with Gasteiger partial charge in [-0.25, -0.2) is 4.98 Å². The molecular formula is C21H18F6N6. The number of hydrogen-bond donors (Lipinski definition) is 0. The number of piperidine rings is 1. The maximum Gasteiger partial charge on any atom is 0.433 e. The van der Waals surface area contributed by atoms with Gasteiger partial charge in [-0.05, 0) is 49.4 Å². The van der Waals surface area contributed by atoms with Crippen molar-refractivity contribution in [2.75, 3.05) is 4.90 Å². The van der Waals surface area contributed by atoms with Crippen molar-refractivity contribution >= 4 is 5.82 Å². The Kier molecular flexibility index (Phi) is 5.05. The lowest BCUT2D eigenvalue weighted by Gasteiger charge is -2.36. The van der Waals surface area contributed by atoms with Crippen molar-refractivity contribution < 1.29 is 26.3 Å². The topological polar surface area (TPSA) is 59.7 Å². The molecular weight excluding hydrogens is 450 g/mol. The molecule has 3 aromatic heterocycles. The molecule has 2 aliphatic rings. The summed E-state index contributed by atoms with van der Waals surface area (Å²) in [5, 5.41) is 8.17. The third kappa shape index (κ3) is 4.02. The van der Waals surface area contributed by atoms with Gasteiger partial charge in [-0.2, -0.15) is 26.3 Å². The summed E-state index contributed by atoms with van der Waals surface area (Å²) in [6, 6.07) is 5.39. The van der Waals surface area contributed by atoms with Crippen LogP contribution in [0.1, 0.15) is 48.1 Å². The van der Waals surface area contributed by atoms with Crippen LogP contribution in [0.4, 0.5) is 32.2 Å². The Morgan fingerprint density at radius 3 is 2.52 bits per heavy atom. The van der Waals surface area contributed by atoms with Crippen LogP contribution < -0.4 is 4.90 Å². The predicted molar refractivity (Wildman–Crippen MR) is 104 cm³/mol. The van der Waals surface area contributed by atoms with Crippen LogP contribution in [0.15, 0.2) is 42.9 Å². The van der Waals surface area contributed by atoms with Gasteiger partial charge in [0.2, 0.25) is 0 Å². The van der Waals surface area contributed by atoms with E-state index in [0.29, 0.717) is 31.3 Å². The smallest absolute Gasteiger partial charge is 0.343 e. The molecule has 0 unspecified atom stereocenters. The third-order valence-corrected chi connectivity index (χ3v) is 6.25. The van der Waals surface area contributed by atoms with Crippen molar-refractivity contribution in [1.29, 1.82) is 0 Å². The summed E-state index contributed by atoms with van der Waals surface area (Å²) in [5.41, 5.74) is -2.22. The number of anilines is 1. The molecule has 12 heteroatoms. The summed E-state index contributed by atoms with van der Waals surface area (Å²) in [6.45, 7) is 0.328. The summed E-state index contributed by atoms with van der Waals surface area (Å²) in [7, 11) is 0. The molecule has 0 amide bonds. The van der Waals surface area contributed by atoms with E-state index in [-0.39, 0.29) is 23.8 Å². The second kappa shape index (κ2) is 7.70. The Hall–Kier alpha value is -3.18. The second-order valence-corrected chi connectivity index (χ2v) is 8.31. The minimum Gasteiger partial charge on any atom is -0.343 e. The minimum absolute atomic E-state index is 0.0207. The lowest BCUT2D eigenvalue weighted by atomic mass is 9.97. The van der Waals surface area contributed by atoms with E-state index in [0.717, 1.165) is 12.1 Å². The van der Waals surface area contributed by atoms with Gasteiger partial charge in [-0.15, -0.1) is 10.2 Å². The van der Waals surface area contributed by atoms with Gasteiger partial charge in [0.1, 0.15) is 17.8 Å². The molecule has 4 heterocycles. The van der Waals surface area contributed by atoms with E-state index in [4.69, 9.17) is 0 Å². The Labute approximate surface area is 184 Å². The van der Waals surface area contributed by atoms with E-state index in [1.807, 2.05) is 12.1 Å². The van der Waals surface area contributed by atoms with Crippen LogP contribution in [-0.4, -0.2) is 30.8 Å². The van der Waals surface area contributed by atoms with Crippen molar-refractivity contribution in [3.05, 3.63) is 65.6 Å². The molecule has 174 valence electrons. The van der Waals surface area contributed by atoms with Gasteiger partial charge in [0.25, 0.3) is 0 Å². The first-order valence-corrected chi connectivity index (χ1v) is 10.3. The SMILES string of the molecule is FC(F)(F)c1cc(N2[C@@H]3CC[C@@H](C3)[C@H]2c2nncn2Cc2ccccn2)nc(C(F)(F)F)c1. The molecule has 33 heavy (non-hydrogen) atoms. The number of aromatic nitrogens is 5. The van der Waals surface area contributed by atoms with Gasteiger partial charge in [0, 0.05) is 12.2 Å². The monoisotopic (exact) mass is 468 g/mol. The summed E-state index contributed by atoms with van der Waals surface area (Å²) >= 11 is 0. The molecule has 1 saturated carbocycles.